The molecule has 4 N–H and O–H groups in total. The van der Waals surface area contributed by atoms with E-state index in [4.69, 9.17) is 5.73 Å². The van der Waals surface area contributed by atoms with Gasteiger partial charge in [0.05, 0.1) is 22.4 Å². The Kier molecular flexibility index (Phi) is 4.80. The summed E-state index contributed by atoms with van der Waals surface area (Å²) in [6.45, 7) is 0. The van der Waals surface area contributed by atoms with Crippen LogP contribution >= 0.6 is 11.8 Å². The second-order valence-corrected chi connectivity index (χ2v) is 7.05. The molecular formula is C21H18N4OS. The number of nitrogens with one attached hydrogen (secondary N) is 2. The number of carbonyl (C=O) groups is 1. The maximum Gasteiger partial charge on any atom is 0.255 e. The van der Waals surface area contributed by atoms with Crippen LogP contribution in [0.1, 0.15) is 15.9 Å². The van der Waals surface area contributed by atoms with E-state index in [1.54, 1.807) is 23.9 Å². The minimum atomic E-state index is -0.176. The topological polar surface area (TPSA) is 83.8 Å². The molecule has 27 heavy (non-hydrogen) atoms. The number of fused-ring (bicyclic) bond motifs is 1. The highest BCUT2D eigenvalue weighted by atomic mass is 32.2. The van der Waals surface area contributed by atoms with E-state index in [0.717, 1.165) is 27.5 Å². The van der Waals surface area contributed by atoms with Crippen LogP contribution in [-0.4, -0.2) is 15.9 Å². The molecule has 0 aliphatic rings. The summed E-state index contributed by atoms with van der Waals surface area (Å²) in [5.41, 5.74) is 10.7. The number of nitrogens with zero attached hydrogens (tertiary/aromatic N) is 1. The van der Waals surface area contributed by atoms with Gasteiger partial charge in [-0.15, -0.1) is 0 Å². The molecule has 0 saturated heterocycles. The number of imidazole rings is 1. The van der Waals surface area contributed by atoms with Crippen molar-refractivity contribution in [3.05, 3.63) is 83.9 Å². The molecule has 4 rings (SSSR count). The molecule has 0 radical (unpaired) electrons. The van der Waals surface area contributed by atoms with Crippen molar-refractivity contribution < 1.29 is 4.79 Å². The molecule has 134 valence electrons. The van der Waals surface area contributed by atoms with E-state index in [1.165, 1.54) is 0 Å². The Morgan fingerprint density at radius 2 is 1.74 bits per heavy atom. The minimum Gasteiger partial charge on any atom is -0.397 e. The van der Waals surface area contributed by atoms with Crippen molar-refractivity contribution in [2.24, 2.45) is 0 Å². The molecule has 0 bridgehead atoms. The van der Waals surface area contributed by atoms with Gasteiger partial charge >= 0.3 is 0 Å². The van der Waals surface area contributed by atoms with E-state index in [-0.39, 0.29) is 5.91 Å². The van der Waals surface area contributed by atoms with Gasteiger partial charge in [0.1, 0.15) is 0 Å². The second-order valence-electron chi connectivity index (χ2n) is 6.09. The van der Waals surface area contributed by atoms with Crippen molar-refractivity contribution in [1.82, 2.24) is 9.97 Å². The van der Waals surface area contributed by atoms with Crippen LogP contribution in [0.4, 0.5) is 11.4 Å². The van der Waals surface area contributed by atoms with Gasteiger partial charge in [-0.3, -0.25) is 4.79 Å². The molecular weight excluding hydrogens is 356 g/mol. The third-order valence-electron chi connectivity index (χ3n) is 4.17. The number of anilines is 2. The van der Waals surface area contributed by atoms with Crippen LogP contribution in [0.2, 0.25) is 0 Å². The summed E-state index contributed by atoms with van der Waals surface area (Å²) >= 11 is 1.63. The molecule has 1 amide bonds. The number of hydrogen-bond acceptors (Lipinski definition) is 4. The highest BCUT2D eigenvalue weighted by Gasteiger charge is 2.08. The maximum atomic E-state index is 12.4. The maximum absolute atomic E-state index is 12.4. The zero-order chi connectivity index (χ0) is 18.6. The number of amides is 1. The Hall–Kier alpha value is -3.25. The fraction of sp³-hybridized carbons (Fsp3) is 0.0476. The predicted octanol–water partition coefficient (Wildman–Crippen LogP) is 4.69. The second kappa shape index (κ2) is 7.55. The van der Waals surface area contributed by atoms with E-state index in [1.807, 2.05) is 60.7 Å². The fourth-order valence-corrected chi connectivity index (χ4v) is 3.55. The van der Waals surface area contributed by atoms with Gasteiger partial charge < -0.3 is 16.0 Å². The molecule has 0 unspecified atom stereocenters. The summed E-state index contributed by atoms with van der Waals surface area (Å²) in [4.78, 5) is 20.2. The lowest BCUT2D eigenvalue weighted by molar-refractivity contribution is 0.102. The molecule has 3 aromatic carbocycles. The summed E-state index contributed by atoms with van der Waals surface area (Å²) in [6.07, 6.45) is 0. The lowest BCUT2D eigenvalue weighted by Crippen LogP contribution is -2.13. The smallest absolute Gasteiger partial charge is 0.255 e. The molecule has 1 aromatic heterocycles. The number of para-hydroxylation sites is 4. The first-order chi connectivity index (χ1) is 13.2. The Bertz CT molecular complexity index is 1060. The Balaban J connectivity index is 1.39. The van der Waals surface area contributed by atoms with Gasteiger partial charge in [-0.1, -0.05) is 48.2 Å². The summed E-state index contributed by atoms with van der Waals surface area (Å²) in [6, 6.07) is 22.7. The van der Waals surface area contributed by atoms with Crippen molar-refractivity contribution in [1.29, 1.82) is 0 Å². The van der Waals surface area contributed by atoms with Gasteiger partial charge in [-0.2, -0.15) is 0 Å². The van der Waals surface area contributed by atoms with E-state index in [9.17, 15) is 4.79 Å². The SMILES string of the molecule is Nc1ccccc1NC(=O)c1ccc(CSc2nc3ccccc3[nH]2)cc1. The van der Waals surface area contributed by atoms with Crippen LogP contribution in [0, 0.1) is 0 Å². The van der Waals surface area contributed by atoms with Crippen LogP contribution in [0.15, 0.2) is 78.0 Å². The monoisotopic (exact) mass is 374 g/mol. The first kappa shape index (κ1) is 17.2. The Morgan fingerprint density at radius 1 is 1.00 bits per heavy atom. The first-order valence-corrected chi connectivity index (χ1v) is 9.50. The predicted molar refractivity (Wildman–Crippen MR) is 111 cm³/mol. The molecule has 0 saturated carbocycles. The summed E-state index contributed by atoms with van der Waals surface area (Å²) in [5.74, 6) is 0.595. The van der Waals surface area contributed by atoms with Crippen molar-refractivity contribution in [2.75, 3.05) is 11.1 Å². The van der Waals surface area contributed by atoms with Crippen molar-refractivity contribution in [3.8, 4) is 0 Å². The Labute approximate surface area is 161 Å². The van der Waals surface area contributed by atoms with Gasteiger partial charge in [0.15, 0.2) is 5.16 Å². The van der Waals surface area contributed by atoms with Gasteiger partial charge in [0, 0.05) is 11.3 Å². The normalized spacial score (nSPS) is 10.8. The number of thioether (sulfide) groups is 1. The van der Waals surface area contributed by atoms with Gasteiger partial charge in [0.2, 0.25) is 0 Å². The molecule has 4 aromatic rings. The molecule has 6 heteroatoms. The van der Waals surface area contributed by atoms with Gasteiger partial charge in [-0.05, 0) is 42.0 Å². The lowest BCUT2D eigenvalue weighted by Gasteiger charge is -2.08. The zero-order valence-electron chi connectivity index (χ0n) is 14.5. The molecule has 5 nitrogen and oxygen atoms in total. The first-order valence-electron chi connectivity index (χ1n) is 8.51. The zero-order valence-corrected chi connectivity index (χ0v) is 15.3. The summed E-state index contributed by atoms with van der Waals surface area (Å²) in [7, 11) is 0. The molecule has 0 spiro atoms. The lowest BCUT2D eigenvalue weighted by atomic mass is 10.1. The standard InChI is InChI=1S/C21H18N4OS/c22-16-5-1-2-6-17(16)23-20(26)15-11-9-14(10-12-15)13-27-21-24-18-7-3-4-8-19(18)25-21/h1-12H,13,22H2,(H,23,26)(H,24,25). The fourth-order valence-electron chi connectivity index (χ4n) is 2.71. The van der Waals surface area contributed by atoms with Crippen molar-refractivity contribution in [3.63, 3.8) is 0 Å². The van der Waals surface area contributed by atoms with Crippen LogP contribution < -0.4 is 11.1 Å². The number of nitrogens with two attached hydrogens (primary N) is 1. The third kappa shape index (κ3) is 3.96. The van der Waals surface area contributed by atoms with Crippen LogP contribution in [0.3, 0.4) is 0 Å². The number of hydrogen-bond donors (Lipinski definition) is 3. The molecule has 0 atom stereocenters. The van der Waals surface area contributed by atoms with Crippen LogP contribution in [0.25, 0.3) is 11.0 Å². The van der Waals surface area contributed by atoms with Crippen molar-refractivity contribution in [2.45, 2.75) is 10.9 Å². The number of H-pyrrole nitrogens is 1. The minimum absolute atomic E-state index is 0.176. The third-order valence-corrected chi connectivity index (χ3v) is 5.11. The number of nitrogen functional groups attached to an aromatic ring is 1. The molecule has 0 aliphatic carbocycles. The highest BCUT2D eigenvalue weighted by Crippen LogP contribution is 2.23. The summed E-state index contributed by atoms with van der Waals surface area (Å²) < 4.78 is 0. The van der Waals surface area contributed by atoms with E-state index in [2.05, 4.69) is 15.3 Å². The quantitative estimate of drug-likeness (QED) is 0.349. The van der Waals surface area contributed by atoms with Gasteiger partial charge in [0.25, 0.3) is 5.91 Å². The molecule has 1 heterocycles. The number of carbonyl (C=O) groups excluding carboxylic acids is 1. The van der Waals surface area contributed by atoms with E-state index < -0.39 is 0 Å². The molecule has 0 fully saturated rings. The van der Waals surface area contributed by atoms with Gasteiger partial charge in [-0.25, -0.2) is 4.98 Å². The number of aromatic amines is 1. The van der Waals surface area contributed by atoms with Crippen LogP contribution in [0.5, 0.6) is 0 Å². The van der Waals surface area contributed by atoms with Crippen molar-refractivity contribution >= 4 is 40.1 Å². The number of rotatable bonds is 5. The highest BCUT2D eigenvalue weighted by molar-refractivity contribution is 7.98. The van der Waals surface area contributed by atoms with E-state index in [0.29, 0.717) is 16.9 Å². The van der Waals surface area contributed by atoms with E-state index >= 15 is 0 Å². The molecule has 0 aliphatic heterocycles. The van der Waals surface area contributed by atoms with Crippen LogP contribution in [-0.2, 0) is 5.75 Å². The Morgan fingerprint density at radius 3 is 2.52 bits per heavy atom. The number of aromatic nitrogens is 2. The largest absolute Gasteiger partial charge is 0.397 e. The average molecular weight is 374 g/mol. The number of benzene rings is 3. The summed E-state index contributed by atoms with van der Waals surface area (Å²) in [5, 5.41) is 3.72. The average Bonchev–Trinajstić information content (AvgIpc) is 3.11.